The van der Waals surface area contributed by atoms with Gasteiger partial charge in [0.25, 0.3) is 0 Å². The second-order valence-corrected chi connectivity index (χ2v) is 11.2. The molecular formula is C44H28O. The Kier molecular flexibility index (Phi) is 4.63. The van der Waals surface area contributed by atoms with Crippen molar-refractivity contribution in [1.82, 2.24) is 0 Å². The van der Waals surface area contributed by atoms with Gasteiger partial charge in [0.15, 0.2) is 0 Å². The van der Waals surface area contributed by atoms with Crippen molar-refractivity contribution in [2.45, 2.75) is 0 Å². The van der Waals surface area contributed by atoms with Gasteiger partial charge in [-0.3, -0.25) is 0 Å². The Hall–Kier alpha value is -5.92. The molecule has 0 amide bonds. The van der Waals surface area contributed by atoms with Crippen LogP contribution in [0.4, 0.5) is 0 Å². The Balaban J connectivity index is 1.44. The standard InChI is InChI=1S/C44H28O/c1-3-14-29(15-4-1)31-18-13-19-32(26-31)42-34-20-7-9-22-36(34)43(37-23-10-8-21-35(37)42)33-27-39(30-16-5-2-6-17-30)44-38-24-11-12-25-40(38)45-41(44)28-33/h1-28H/i11D,12D,24D,25D,27D,28D. The van der Waals surface area contributed by atoms with Crippen LogP contribution in [0.5, 0.6) is 0 Å². The summed E-state index contributed by atoms with van der Waals surface area (Å²) in [5.74, 6) is 0. The molecular weight excluding hydrogens is 544 g/mol. The fraction of sp³-hybridized carbons (Fsp3) is 0. The van der Waals surface area contributed by atoms with E-state index in [1.807, 2.05) is 84.9 Å². The number of para-hydroxylation sites is 1. The molecule has 0 saturated carbocycles. The van der Waals surface area contributed by atoms with E-state index < -0.39 is 6.04 Å². The minimum atomic E-state index is -0.408. The highest BCUT2D eigenvalue weighted by Crippen LogP contribution is 2.47. The molecule has 1 nitrogen and oxygen atoms in total. The second kappa shape index (κ2) is 10.4. The number of hydrogen-bond acceptors (Lipinski definition) is 1. The van der Waals surface area contributed by atoms with E-state index in [0.717, 1.165) is 49.4 Å². The number of benzene rings is 8. The summed E-state index contributed by atoms with van der Waals surface area (Å²) in [6.45, 7) is 0. The van der Waals surface area contributed by atoms with Gasteiger partial charge in [-0.2, -0.15) is 0 Å². The van der Waals surface area contributed by atoms with Crippen molar-refractivity contribution in [2.24, 2.45) is 0 Å². The third kappa shape index (κ3) is 4.17. The first-order valence-corrected chi connectivity index (χ1v) is 15.0. The van der Waals surface area contributed by atoms with Crippen molar-refractivity contribution in [3.63, 3.8) is 0 Å². The van der Waals surface area contributed by atoms with Crippen LogP contribution in [0, 0.1) is 0 Å². The smallest absolute Gasteiger partial charge is 0.136 e. The molecule has 0 saturated heterocycles. The van der Waals surface area contributed by atoms with Crippen LogP contribution in [0.2, 0.25) is 0 Å². The van der Waals surface area contributed by atoms with E-state index in [1.54, 1.807) is 0 Å². The Labute approximate surface area is 270 Å². The molecule has 9 rings (SSSR count). The van der Waals surface area contributed by atoms with Crippen molar-refractivity contribution in [1.29, 1.82) is 0 Å². The second-order valence-electron chi connectivity index (χ2n) is 11.2. The molecule has 1 aromatic heterocycles. The summed E-state index contributed by atoms with van der Waals surface area (Å²) >= 11 is 0. The SMILES string of the molecule is [2H]c1c([2H])c([2H])c2c(oc3c([2H])c(-c4c5ccccc5c(-c5cccc(-c6ccccc6)c5)c5ccccc45)c([2H])c(-c4ccccc4)c32)c1[2H]. The molecule has 8 aromatic carbocycles. The fourth-order valence-electron chi connectivity index (χ4n) is 6.62. The lowest BCUT2D eigenvalue weighted by molar-refractivity contribution is 0.669. The van der Waals surface area contributed by atoms with E-state index in [-0.39, 0.29) is 46.8 Å². The van der Waals surface area contributed by atoms with Gasteiger partial charge in [0.2, 0.25) is 0 Å². The summed E-state index contributed by atoms with van der Waals surface area (Å²) in [5, 5.41) is 4.20. The molecule has 0 aliphatic carbocycles. The first kappa shape index (κ1) is 20.1. The average Bonchev–Trinajstić information content (AvgIpc) is 3.58. The zero-order chi connectivity index (χ0) is 35.0. The summed E-state index contributed by atoms with van der Waals surface area (Å²) < 4.78 is 60.2. The third-order valence-electron chi connectivity index (χ3n) is 8.58. The number of rotatable bonds is 4. The van der Waals surface area contributed by atoms with Crippen molar-refractivity contribution >= 4 is 43.5 Å². The van der Waals surface area contributed by atoms with E-state index in [4.69, 9.17) is 9.90 Å². The van der Waals surface area contributed by atoms with E-state index >= 15 is 0 Å². The maximum absolute atomic E-state index is 9.92. The molecule has 0 unspecified atom stereocenters. The molecule has 1 heterocycles. The van der Waals surface area contributed by atoms with Gasteiger partial charge >= 0.3 is 0 Å². The molecule has 0 radical (unpaired) electrons. The van der Waals surface area contributed by atoms with Crippen molar-refractivity contribution in [3.8, 4) is 44.5 Å². The molecule has 0 N–H and O–H groups in total. The number of furan rings is 1. The topological polar surface area (TPSA) is 13.1 Å². The molecule has 0 aliphatic rings. The van der Waals surface area contributed by atoms with Gasteiger partial charge in [-0.1, -0.05) is 146 Å². The van der Waals surface area contributed by atoms with Crippen LogP contribution >= 0.6 is 0 Å². The molecule has 0 spiro atoms. The Morgan fingerprint density at radius 1 is 0.400 bits per heavy atom. The molecule has 0 bridgehead atoms. The van der Waals surface area contributed by atoms with Crippen LogP contribution in [-0.2, 0) is 0 Å². The van der Waals surface area contributed by atoms with Crippen LogP contribution in [0.3, 0.4) is 0 Å². The van der Waals surface area contributed by atoms with Crippen LogP contribution < -0.4 is 0 Å². The van der Waals surface area contributed by atoms with Gasteiger partial charge in [0, 0.05) is 10.8 Å². The molecule has 45 heavy (non-hydrogen) atoms. The maximum Gasteiger partial charge on any atom is 0.136 e. The van der Waals surface area contributed by atoms with Crippen LogP contribution in [0.15, 0.2) is 174 Å². The molecule has 0 aliphatic heterocycles. The van der Waals surface area contributed by atoms with E-state index in [0.29, 0.717) is 22.1 Å². The quantitative estimate of drug-likeness (QED) is 0.189. The fourth-order valence-corrected chi connectivity index (χ4v) is 6.62. The lowest BCUT2D eigenvalue weighted by Crippen LogP contribution is -1.92. The molecule has 0 atom stereocenters. The van der Waals surface area contributed by atoms with Gasteiger partial charge < -0.3 is 4.42 Å². The first-order valence-electron chi connectivity index (χ1n) is 18.0. The maximum atomic E-state index is 9.92. The lowest BCUT2D eigenvalue weighted by Gasteiger charge is -2.19. The Bertz CT molecular complexity index is 2800. The van der Waals surface area contributed by atoms with Crippen molar-refractivity contribution < 1.29 is 12.6 Å². The zero-order valence-corrected chi connectivity index (χ0v) is 24.1. The van der Waals surface area contributed by atoms with Gasteiger partial charge in [0.05, 0.1) is 8.22 Å². The molecule has 1 heteroatoms. The van der Waals surface area contributed by atoms with Gasteiger partial charge in [-0.05, 0) is 90.2 Å². The van der Waals surface area contributed by atoms with Crippen molar-refractivity contribution in [2.75, 3.05) is 0 Å². The summed E-state index contributed by atoms with van der Waals surface area (Å²) in [6.07, 6.45) is 0. The minimum Gasteiger partial charge on any atom is -0.456 e. The molecule has 0 fully saturated rings. The number of fused-ring (bicyclic) bond motifs is 5. The third-order valence-corrected chi connectivity index (χ3v) is 8.58. The van der Waals surface area contributed by atoms with Gasteiger partial charge in [-0.25, -0.2) is 0 Å². The summed E-state index contributed by atoms with van der Waals surface area (Å²) in [4.78, 5) is 0. The number of hydrogen-bond donors (Lipinski definition) is 0. The van der Waals surface area contributed by atoms with Gasteiger partial charge in [-0.15, -0.1) is 0 Å². The summed E-state index contributed by atoms with van der Waals surface area (Å²) in [6, 6.07) is 43.1. The van der Waals surface area contributed by atoms with Crippen molar-refractivity contribution in [3.05, 3.63) is 170 Å². The normalized spacial score (nSPS) is 13.4. The molecule has 210 valence electrons. The molecule has 9 aromatic rings. The highest BCUT2D eigenvalue weighted by molar-refractivity contribution is 6.23. The van der Waals surface area contributed by atoms with E-state index in [2.05, 4.69) is 48.5 Å². The summed E-state index contributed by atoms with van der Waals surface area (Å²) in [5.41, 5.74) is 6.65. The summed E-state index contributed by atoms with van der Waals surface area (Å²) in [7, 11) is 0. The lowest BCUT2D eigenvalue weighted by atomic mass is 9.84. The predicted molar refractivity (Wildman–Crippen MR) is 190 cm³/mol. The highest BCUT2D eigenvalue weighted by atomic mass is 16.3. The van der Waals surface area contributed by atoms with E-state index in [1.165, 1.54) is 0 Å². The average molecular weight is 579 g/mol. The Morgan fingerprint density at radius 3 is 1.60 bits per heavy atom. The van der Waals surface area contributed by atoms with Crippen LogP contribution in [0.25, 0.3) is 88.0 Å². The monoisotopic (exact) mass is 578 g/mol. The van der Waals surface area contributed by atoms with Gasteiger partial charge in [0.1, 0.15) is 11.2 Å². The first-order chi connectivity index (χ1) is 24.8. The van der Waals surface area contributed by atoms with Crippen LogP contribution in [-0.4, -0.2) is 0 Å². The zero-order valence-electron chi connectivity index (χ0n) is 30.1. The largest absolute Gasteiger partial charge is 0.456 e. The van der Waals surface area contributed by atoms with Crippen LogP contribution in [0.1, 0.15) is 8.22 Å². The Morgan fingerprint density at radius 2 is 0.933 bits per heavy atom. The van der Waals surface area contributed by atoms with E-state index in [9.17, 15) is 2.74 Å². The predicted octanol–water partition coefficient (Wildman–Crippen LogP) is 12.6. The minimum absolute atomic E-state index is 0.0263. The highest BCUT2D eigenvalue weighted by Gasteiger charge is 2.20.